The molecular weight excluding hydrogens is 478 g/mol. The highest BCUT2D eigenvalue weighted by molar-refractivity contribution is 8.18. The van der Waals surface area contributed by atoms with Crippen molar-refractivity contribution in [1.29, 1.82) is 0 Å². The lowest BCUT2D eigenvalue weighted by molar-refractivity contribution is -0.122. The van der Waals surface area contributed by atoms with Crippen LogP contribution in [0.3, 0.4) is 0 Å². The summed E-state index contributed by atoms with van der Waals surface area (Å²) in [4.78, 5) is 22.7. The van der Waals surface area contributed by atoms with E-state index >= 15 is 0 Å². The fourth-order valence-corrected chi connectivity index (χ4v) is 5.54. The average Bonchev–Trinajstić information content (AvgIpc) is 3.43. The van der Waals surface area contributed by atoms with Gasteiger partial charge in [-0.25, -0.2) is 4.99 Å². The number of aliphatic imine (C=N–C) groups is 1. The van der Waals surface area contributed by atoms with Gasteiger partial charge in [0.2, 0.25) is 0 Å². The fourth-order valence-electron chi connectivity index (χ4n) is 4.34. The molecule has 1 amide bonds. The molecule has 1 saturated heterocycles. The number of carbonyl (C=O) groups excluding carboxylic acids is 1. The summed E-state index contributed by atoms with van der Waals surface area (Å²) in [6.45, 7) is 6.78. The minimum atomic E-state index is -0.125. The van der Waals surface area contributed by atoms with Gasteiger partial charge in [-0.15, -0.1) is 0 Å². The van der Waals surface area contributed by atoms with Gasteiger partial charge in [0.25, 0.3) is 5.91 Å². The Kier molecular flexibility index (Phi) is 6.11. The third-order valence-corrected chi connectivity index (χ3v) is 7.72. The number of benzene rings is 2. The molecular formula is C28H26ClN3O2S. The lowest BCUT2D eigenvalue weighted by atomic mass is 9.88. The van der Waals surface area contributed by atoms with Gasteiger partial charge in [-0.2, -0.15) is 0 Å². The lowest BCUT2D eigenvalue weighted by Gasteiger charge is -2.40. The zero-order valence-electron chi connectivity index (χ0n) is 20.1. The van der Waals surface area contributed by atoms with E-state index in [1.54, 1.807) is 11.2 Å². The zero-order chi connectivity index (χ0) is 24.7. The minimum Gasteiger partial charge on any atom is -0.467 e. The first-order chi connectivity index (χ1) is 16.7. The fraction of sp³-hybridized carbons (Fsp3) is 0.214. The third-order valence-electron chi connectivity index (χ3n) is 6.39. The van der Waals surface area contributed by atoms with E-state index in [-0.39, 0.29) is 11.4 Å². The second kappa shape index (κ2) is 9.10. The van der Waals surface area contributed by atoms with E-state index in [2.05, 4.69) is 44.9 Å². The Morgan fingerprint density at radius 1 is 1.14 bits per heavy atom. The molecule has 5 nitrogen and oxygen atoms in total. The summed E-state index contributed by atoms with van der Waals surface area (Å²) in [6, 6.07) is 17.4. The van der Waals surface area contributed by atoms with Gasteiger partial charge in [-0.3, -0.25) is 9.69 Å². The number of rotatable bonds is 4. The molecule has 0 bridgehead atoms. The normalized spacial score (nSPS) is 19.5. The molecule has 1 aromatic heterocycles. The van der Waals surface area contributed by atoms with Gasteiger partial charge in [0.1, 0.15) is 5.76 Å². The maximum absolute atomic E-state index is 13.5. The predicted octanol–water partition coefficient (Wildman–Crippen LogP) is 7.37. The summed E-state index contributed by atoms with van der Waals surface area (Å²) >= 11 is 8.09. The molecule has 3 heterocycles. The van der Waals surface area contributed by atoms with E-state index in [0.717, 1.165) is 22.5 Å². The van der Waals surface area contributed by atoms with E-state index in [1.807, 2.05) is 54.6 Å². The first kappa shape index (κ1) is 23.5. The van der Waals surface area contributed by atoms with Gasteiger partial charge in [0.15, 0.2) is 5.17 Å². The summed E-state index contributed by atoms with van der Waals surface area (Å²) in [6.07, 6.45) is 5.73. The average molecular weight is 504 g/mol. The number of anilines is 1. The maximum atomic E-state index is 13.5. The zero-order valence-corrected chi connectivity index (χ0v) is 21.7. The van der Waals surface area contributed by atoms with E-state index in [9.17, 15) is 4.79 Å². The number of furan rings is 1. The molecule has 178 valence electrons. The Morgan fingerprint density at radius 2 is 1.91 bits per heavy atom. The molecule has 2 aliphatic heterocycles. The number of nitrogens with zero attached hydrogens (tertiary/aromatic N) is 3. The van der Waals surface area contributed by atoms with E-state index in [1.165, 1.54) is 17.3 Å². The van der Waals surface area contributed by atoms with Gasteiger partial charge in [-0.1, -0.05) is 35.9 Å². The number of allylic oxidation sites excluding steroid dienone is 1. The monoisotopic (exact) mass is 503 g/mol. The van der Waals surface area contributed by atoms with Crippen LogP contribution < -0.4 is 4.90 Å². The van der Waals surface area contributed by atoms with E-state index in [4.69, 9.17) is 21.0 Å². The Morgan fingerprint density at radius 3 is 2.63 bits per heavy atom. The van der Waals surface area contributed by atoms with Crippen molar-refractivity contribution in [3.8, 4) is 0 Å². The van der Waals surface area contributed by atoms with Gasteiger partial charge in [-0.05, 0) is 86.1 Å². The van der Waals surface area contributed by atoms with Gasteiger partial charge >= 0.3 is 0 Å². The molecule has 0 aliphatic carbocycles. The van der Waals surface area contributed by atoms with Crippen molar-refractivity contribution in [3.05, 3.63) is 93.8 Å². The number of thioether (sulfide) groups is 1. The Labute approximate surface area is 214 Å². The Balaban J connectivity index is 1.54. The van der Waals surface area contributed by atoms with Gasteiger partial charge < -0.3 is 9.32 Å². The van der Waals surface area contributed by atoms with Crippen LogP contribution in [0.1, 0.15) is 37.7 Å². The molecule has 0 atom stereocenters. The highest BCUT2D eigenvalue weighted by Crippen LogP contribution is 2.42. The van der Waals surface area contributed by atoms with Crippen LogP contribution in [0.2, 0.25) is 5.02 Å². The molecule has 0 spiro atoms. The van der Waals surface area contributed by atoms with Crippen molar-refractivity contribution in [2.45, 2.75) is 32.9 Å². The van der Waals surface area contributed by atoms with Crippen LogP contribution >= 0.6 is 23.4 Å². The molecule has 2 aliphatic rings. The molecule has 35 heavy (non-hydrogen) atoms. The number of hydrogen-bond donors (Lipinski definition) is 0. The molecule has 5 rings (SSSR count). The summed E-state index contributed by atoms with van der Waals surface area (Å²) < 4.78 is 5.51. The molecule has 0 N–H and O–H groups in total. The van der Waals surface area contributed by atoms with Crippen molar-refractivity contribution in [2.75, 3.05) is 11.9 Å². The van der Waals surface area contributed by atoms with Crippen LogP contribution in [0, 0.1) is 0 Å². The Bertz CT molecular complexity index is 1370. The smallest absolute Gasteiger partial charge is 0.267 e. The number of amides is 1. The number of likely N-dealkylation sites (N-methyl/N-ethyl adjacent to an activating group) is 1. The summed E-state index contributed by atoms with van der Waals surface area (Å²) in [7, 11) is 2.07. The first-order valence-corrected chi connectivity index (χ1v) is 12.6. The van der Waals surface area contributed by atoms with Crippen LogP contribution in [-0.4, -0.2) is 28.6 Å². The lowest BCUT2D eigenvalue weighted by Crippen LogP contribution is -2.42. The SMILES string of the molecule is CC1=CC(C)(C)N(C)c2cc(Cl)c(/C=C3/SC(=Nc4ccccc4)N(Cc4ccco4)C3=O)cc21. The van der Waals surface area contributed by atoms with Crippen LogP contribution in [0.4, 0.5) is 11.4 Å². The second-order valence-corrected chi connectivity index (χ2v) is 10.7. The number of para-hydroxylation sites is 1. The molecule has 3 aromatic rings. The number of fused-ring (bicyclic) bond motifs is 1. The van der Waals surface area contributed by atoms with Crippen molar-refractivity contribution in [3.63, 3.8) is 0 Å². The van der Waals surface area contributed by atoms with Crippen molar-refractivity contribution < 1.29 is 9.21 Å². The van der Waals surface area contributed by atoms with E-state index < -0.39 is 0 Å². The van der Waals surface area contributed by atoms with Crippen molar-refractivity contribution in [1.82, 2.24) is 4.90 Å². The minimum absolute atomic E-state index is 0.104. The van der Waals surface area contributed by atoms with Crippen molar-refractivity contribution >= 4 is 57.5 Å². The Hall–Kier alpha value is -3.22. The number of hydrogen-bond acceptors (Lipinski definition) is 5. The predicted molar refractivity (Wildman–Crippen MR) is 146 cm³/mol. The largest absolute Gasteiger partial charge is 0.467 e. The van der Waals surface area contributed by atoms with Crippen LogP contribution in [0.15, 0.2) is 81.3 Å². The molecule has 0 saturated carbocycles. The topological polar surface area (TPSA) is 49.0 Å². The quantitative estimate of drug-likeness (QED) is 0.349. The van der Waals surface area contributed by atoms with E-state index in [0.29, 0.717) is 27.4 Å². The molecule has 0 radical (unpaired) electrons. The molecule has 0 unspecified atom stereocenters. The third kappa shape index (κ3) is 4.56. The number of carbonyl (C=O) groups is 1. The molecule has 7 heteroatoms. The van der Waals surface area contributed by atoms with Crippen LogP contribution in [0.5, 0.6) is 0 Å². The number of halogens is 1. The maximum Gasteiger partial charge on any atom is 0.267 e. The highest BCUT2D eigenvalue weighted by Gasteiger charge is 2.35. The highest BCUT2D eigenvalue weighted by atomic mass is 35.5. The van der Waals surface area contributed by atoms with Gasteiger partial charge in [0.05, 0.1) is 28.9 Å². The standard InChI is InChI=1S/C28H26ClN3O2S/c1-18-16-28(2,3)31(4)24-15-23(29)19(13-22(18)24)14-25-26(33)32(17-21-11-8-12-34-21)27(35-25)30-20-9-6-5-7-10-20/h5-16H,17H2,1-4H3/b25-14+,30-27?. The number of amidine groups is 1. The second-order valence-electron chi connectivity index (χ2n) is 9.24. The first-order valence-electron chi connectivity index (χ1n) is 11.4. The summed E-state index contributed by atoms with van der Waals surface area (Å²) in [5.41, 5.74) is 4.87. The van der Waals surface area contributed by atoms with Gasteiger partial charge in [0, 0.05) is 23.3 Å². The summed E-state index contributed by atoms with van der Waals surface area (Å²) in [5, 5.41) is 1.21. The molecule has 1 fully saturated rings. The summed E-state index contributed by atoms with van der Waals surface area (Å²) in [5.74, 6) is 0.569. The molecule has 2 aromatic carbocycles. The van der Waals surface area contributed by atoms with Crippen LogP contribution in [0.25, 0.3) is 11.6 Å². The van der Waals surface area contributed by atoms with Crippen LogP contribution in [-0.2, 0) is 11.3 Å². The van der Waals surface area contributed by atoms with Crippen molar-refractivity contribution in [2.24, 2.45) is 4.99 Å².